The van der Waals surface area contributed by atoms with E-state index in [-0.39, 0.29) is 105 Å². The monoisotopic (exact) mass is 1470 g/mol. The summed E-state index contributed by atoms with van der Waals surface area (Å²) in [6.45, 7) is 7.44. The van der Waals surface area contributed by atoms with E-state index in [1.165, 1.54) is 91.0 Å². The van der Waals surface area contributed by atoms with Crippen molar-refractivity contribution >= 4 is 87.3 Å². The van der Waals surface area contributed by atoms with E-state index >= 15 is 0 Å². The number of benzene rings is 6. The van der Waals surface area contributed by atoms with Crippen molar-refractivity contribution in [3.63, 3.8) is 0 Å². The molecule has 1 unspecified atom stereocenters. The van der Waals surface area contributed by atoms with Crippen molar-refractivity contribution in [1.82, 2.24) is 46.0 Å². The molecule has 6 N–H and O–H groups in total. The number of nitrogens with one attached hydrogen (secondary N) is 3. The van der Waals surface area contributed by atoms with E-state index in [4.69, 9.17) is 98.0 Å². The van der Waals surface area contributed by atoms with Gasteiger partial charge in [0.25, 0.3) is 17.7 Å². The number of hydrazine groups is 3. The Labute approximate surface area is 579 Å². The van der Waals surface area contributed by atoms with Gasteiger partial charge in [-0.05, 0) is 72.8 Å². The molecule has 3 heterocycles. The first-order valence-corrected chi connectivity index (χ1v) is 32.0. The molecule has 6 aromatic rings. The molecule has 3 aliphatic rings. The molecule has 21 nitrogen and oxygen atoms in total. The normalized spacial score (nSPS) is 15.9. The third-order valence-corrected chi connectivity index (χ3v) is 16.0. The Morgan fingerprint density at radius 3 is 0.708 bits per heavy atom. The highest BCUT2D eigenvalue weighted by atomic mass is 35.5. The lowest BCUT2D eigenvalue weighted by Gasteiger charge is -2.35. The molecule has 96 heavy (non-hydrogen) atoms. The predicted octanol–water partition coefficient (Wildman–Crippen LogP) is 8.22. The van der Waals surface area contributed by atoms with Crippen molar-refractivity contribution in [3.8, 4) is 34.5 Å². The smallest absolute Gasteiger partial charge is 0.272 e. The van der Waals surface area contributed by atoms with E-state index in [0.29, 0.717) is 115 Å². The highest BCUT2D eigenvalue weighted by molar-refractivity contribution is 6.32. The summed E-state index contributed by atoms with van der Waals surface area (Å²) in [5, 5.41) is 35.8. The second-order valence-corrected chi connectivity index (χ2v) is 24.1. The molecule has 6 aromatic carbocycles. The van der Waals surface area contributed by atoms with Gasteiger partial charge >= 0.3 is 0 Å². The van der Waals surface area contributed by atoms with Gasteiger partial charge in [0.15, 0.2) is 19.8 Å². The topological polar surface area (TPSA) is 223 Å². The maximum atomic E-state index is 13.4. The molecule has 3 fully saturated rings. The van der Waals surface area contributed by atoms with Crippen LogP contribution in [-0.4, -0.2) is 219 Å². The van der Waals surface area contributed by atoms with Gasteiger partial charge in [0.1, 0.15) is 108 Å². The van der Waals surface area contributed by atoms with Crippen LogP contribution in [0.5, 0.6) is 34.5 Å². The summed E-state index contributed by atoms with van der Waals surface area (Å²) >= 11 is 33.7. The second-order valence-electron chi connectivity index (χ2n) is 21.7. The quantitative estimate of drug-likeness (QED) is 0.0267. The van der Waals surface area contributed by atoms with Gasteiger partial charge < -0.3 is 43.7 Å². The molecule has 3 saturated heterocycles. The number of hydrogen-bond acceptors (Lipinski definition) is 18. The Balaban J connectivity index is 0.000000203. The molecule has 0 aromatic heterocycles. The Hall–Kier alpha value is -6.51. The number of carbonyl (C=O) groups excluding carboxylic acids is 3. The Morgan fingerprint density at radius 1 is 0.333 bits per heavy atom. The van der Waals surface area contributed by atoms with Crippen molar-refractivity contribution in [2.75, 3.05) is 138 Å². The summed E-state index contributed by atoms with van der Waals surface area (Å²) in [5.41, 5.74) is 8.20. The van der Waals surface area contributed by atoms with Gasteiger partial charge in [-0.3, -0.25) is 45.4 Å². The van der Waals surface area contributed by atoms with Crippen LogP contribution in [-0.2, 0) is 14.4 Å². The minimum absolute atomic E-state index is 0.00768. The molecule has 3 atom stereocenters. The highest BCUT2D eigenvalue weighted by Gasteiger charge is 2.25. The van der Waals surface area contributed by atoms with Crippen LogP contribution in [0.3, 0.4) is 0 Å². The predicted molar refractivity (Wildman–Crippen MR) is 348 cm³/mol. The van der Waals surface area contributed by atoms with Gasteiger partial charge in [-0.25, -0.2) is 41.4 Å². The Morgan fingerprint density at radius 2 is 0.521 bits per heavy atom. The van der Waals surface area contributed by atoms with Gasteiger partial charge in [-0.1, -0.05) is 69.6 Å². The minimum Gasteiger partial charge on any atom is -0.491 e. The number of carbonyl (C=O) groups is 3. The molecule has 0 aliphatic carbocycles. The summed E-state index contributed by atoms with van der Waals surface area (Å²) < 4.78 is 113. The molecule has 3 amide bonds. The van der Waals surface area contributed by atoms with Crippen LogP contribution in [0, 0.1) is 34.9 Å². The molecule has 0 radical (unpaired) electrons. The summed E-state index contributed by atoms with van der Waals surface area (Å²) in [7, 11) is 0. The van der Waals surface area contributed by atoms with E-state index in [1.807, 2.05) is 14.7 Å². The standard InChI is InChI=1S/3C21H23Cl2F2N3O4/c3*22-17-3-1-15(9-19(17)24)31-12-14(29)11-27-5-7-28(8-6-27)26-21(30)13-32-16-2-4-18(23)20(25)10-16/h3*1-4,9-10,14,29H,5-8,11-13H2,(H,26,30)/t2*14-;/m10./s1. The fourth-order valence-electron chi connectivity index (χ4n) is 9.23. The van der Waals surface area contributed by atoms with E-state index < -0.39 is 53.2 Å². The number of β-amino-alcohol motifs (C(OH)–C–C–N with tert-alkyl or cyclic N) is 3. The van der Waals surface area contributed by atoms with E-state index in [0.717, 1.165) is 18.2 Å². The van der Waals surface area contributed by atoms with E-state index in [2.05, 4.69) is 16.3 Å². The van der Waals surface area contributed by atoms with Crippen molar-refractivity contribution in [2.45, 2.75) is 18.3 Å². The lowest BCUT2D eigenvalue weighted by molar-refractivity contribution is -0.129. The van der Waals surface area contributed by atoms with E-state index in [1.54, 1.807) is 15.0 Å². The molecular weight excluding hydrogens is 1400 g/mol. The van der Waals surface area contributed by atoms with Gasteiger partial charge in [-0.15, -0.1) is 0 Å². The van der Waals surface area contributed by atoms with Crippen LogP contribution < -0.4 is 44.7 Å². The first-order chi connectivity index (χ1) is 45.9. The number of aliphatic hydroxyl groups is 3. The van der Waals surface area contributed by atoms with Crippen molar-refractivity contribution in [2.24, 2.45) is 0 Å². The van der Waals surface area contributed by atoms with Crippen molar-refractivity contribution < 1.29 is 84.5 Å². The van der Waals surface area contributed by atoms with Gasteiger partial charge in [0.2, 0.25) is 0 Å². The summed E-state index contributed by atoms with van der Waals surface area (Å²) in [5.74, 6) is -3.17. The minimum atomic E-state index is -0.761. The lowest BCUT2D eigenvalue weighted by atomic mass is 10.3. The lowest BCUT2D eigenvalue weighted by Crippen LogP contribution is -2.55. The third kappa shape index (κ3) is 27.1. The summed E-state index contributed by atoms with van der Waals surface area (Å²) in [6.07, 6.45) is -2.28. The van der Waals surface area contributed by atoms with Crippen LogP contribution in [0.1, 0.15) is 0 Å². The van der Waals surface area contributed by atoms with Crippen LogP contribution in [0.4, 0.5) is 26.3 Å². The SMILES string of the molecule is O=C(COc1ccc(Cl)c(F)c1)NN1CCN(CC(O)COc2ccc(Cl)c(F)c2)CC1.O=C(COc1ccc(Cl)c(F)c1)NN1CCN(C[C@@H](O)COc2ccc(Cl)c(F)c2)CC1.O=C(COc1ccc(Cl)c(F)c1)NN1CCN(C[C@H](O)COc2ccc(Cl)c(F)c2)CC1. The largest absolute Gasteiger partial charge is 0.491 e. The number of piperazine rings is 3. The van der Waals surface area contributed by atoms with Gasteiger partial charge in [0, 0.05) is 135 Å². The van der Waals surface area contributed by atoms with Crippen LogP contribution >= 0.6 is 69.6 Å². The zero-order chi connectivity index (χ0) is 69.3. The van der Waals surface area contributed by atoms with Gasteiger partial charge in [0.05, 0.1) is 30.1 Å². The number of halogens is 12. The second kappa shape index (κ2) is 39.2. The molecular formula is C63H69Cl6F6N9O12. The van der Waals surface area contributed by atoms with Gasteiger partial charge in [-0.2, -0.15) is 0 Å². The average Bonchev–Trinajstić information content (AvgIpc) is 1.23. The summed E-state index contributed by atoms with van der Waals surface area (Å²) in [4.78, 5) is 42.3. The number of aliphatic hydroxyl groups excluding tert-OH is 3. The summed E-state index contributed by atoms with van der Waals surface area (Å²) in [6, 6.07) is 24.2. The fraction of sp³-hybridized carbons (Fsp3) is 0.381. The number of amides is 3. The molecule has 522 valence electrons. The average molecular weight is 1470 g/mol. The van der Waals surface area contributed by atoms with Crippen LogP contribution in [0.2, 0.25) is 30.1 Å². The maximum absolute atomic E-state index is 13.4. The number of hydrogen-bond donors (Lipinski definition) is 6. The zero-order valence-electron chi connectivity index (χ0n) is 51.2. The maximum Gasteiger partial charge on any atom is 0.272 e. The van der Waals surface area contributed by atoms with Crippen molar-refractivity contribution in [1.29, 1.82) is 0 Å². The molecule has 0 spiro atoms. The number of nitrogens with zero attached hydrogens (tertiary/aromatic N) is 6. The zero-order valence-corrected chi connectivity index (χ0v) is 55.7. The fourth-order valence-corrected chi connectivity index (χ4v) is 9.93. The third-order valence-electron chi connectivity index (χ3n) is 14.2. The first-order valence-electron chi connectivity index (χ1n) is 29.7. The van der Waals surface area contributed by atoms with Crippen LogP contribution in [0.25, 0.3) is 0 Å². The molecule has 33 heteroatoms. The Bertz CT molecular complexity index is 3140. The molecule has 9 rings (SSSR count). The molecule has 0 bridgehead atoms. The highest BCUT2D eigenvalue weighted by Crippen LogP contribution is 2.26. The van der Waals surface area contributed by atoms with E-state index in [9.17, 15) is 56.0 Å². The van der Waals surface area contributed by atoms with Crippen LogP contribution in [0.15, 0.2) is 109 Å². The number of rotatable bonds is 27. The molecule has 0 saturated carbocycles. The van der Waals surface area contributed by atoms with Crippen molar-refractivity contribution in [3.05, 3.63) is 174 Å². The molecule has 3 aliphatic heterocycles. The number of ether oxygens (including phenoxy) is 6. The first kappa shape index (κ1) is 76.9. The Kier molecular flexibility index (Phi) is 31.4.